The number of halogens is 1. The maximum atomic E-state index is 13.2. The van der Waals surface area contributed by atoms with Crippen molar-refractivity contribution in [1.82, 2.24) is 0 Å². The van der Waals surface area contributed by atoms with Crippen molar-refractivity contribution < 1.29 is 4.79 Å². The van der Waals surface area contributed by atoms with Gasteiger partial charge in [-0.15, -0.1) is 11.3 Å². The van der Waals surface area contributed by atoms with Gasteiger partial charge >= 0.3 is 0 Å². The van der Waals surface area contributed by atoms with Gasteiger partial charge in [0.2, 0.25) is 0 Å². The molecular formula is C17H21BrOS. The third-order valence-corrected chi connectivity index (χ3v) is 7.53. The number of Topliss-reactive ketones (excluding diaryl/α,β-unsaturated/α-hetero) is 1. The van der Waals surface area contributed by atoms with Crippen LogP contribution in [0.15, 0.2) is 15.9 Å². The molecule has 0 spiro atoms. The number of carbonyl (C=O) groups is 1. The third kappa shape index (κ3) is 1.89. The molecule has 4 saturated carbocycles. The van der Waals surface area contributed by atoms with Crippen molar-refractivity contribution in [3.8, 4) is 0 Å². The summed E-state index contributed by atoms with van der Waals surface area (Å²) in [5.41, 5.74) is 0.782. The SMILES string of the molecule is CC12CC3CC(C)(C1)CC(C(=O)c1ccc(Br)s1)(C3)C2. The van der Waals surface area contributed by atoms with Crippen molar-refractivity contribution in [2.45, 2.75) is 52.4 Å². The summed E-state index contributed by atoms with van der Waals surface area (Å²) >= 11 is 5.11. The molecule has 3 heteroatoms. The van der Waals surface area contributed by atoms with E-state index in [1.165, 1.54) is 19.3 Å². The predicted octanol–water partition coefficient (Wildman–Crippen LogP) is 5.69. The summed E-state index contributed by atoms with van der Waals surface area (Å²) in [6.07, 6.45) is 7.44. The van der Waals surface area contributed by atoms with E-state index in [4.69, 9.17) is 0 Å². The van der Waals surface area contributed by atoms with Crippen LogP contribution in [0.4, 0.5) is 0 Å². The predicted molar refractivity (Wildman–Crippen MR) is 86.2 cm³/mol. The maximum Gasteiger partial charge on any atom is 0.178 e. The average molecular weight is 353 g/mol. The van der Waals surface area contributed by atoms with Crippen molar-refractivity contribution in [2.75, 3.05) is 0 Å². The Labute approximate surface area is 133 Å². The minimum absolute atomic E-state index is 0.0484. The lowest BCUT2D eigenvalue weighted by Gasteiger charge is -2.64. The van der Waals surface area contributed by atoms with Gasteiger partial charge < -0.3 is 0 Å². The highest BCUT2D eigenvalue weighted by molar-refractivity contribution is 9.11. The first kappa shape index (κ1) is 13.5. The van der Waals surface area contributed by atoms with Gasteiger partial charge in [-0.05, 0) is 83.3 Å². The fourth-order valence-electron chi connectivity index (χ4n) is 6.40. The number of rotatable bonds is 2. The molecule has 4 aliphatic rings. The highest BCUT2D eigenvalue weighted by Gasteiger charge is 2.62. The Morgan fingerprint density at radius 2 is 1.80 bits per heavy atom. The summed E-state index contributed by atoms with van der Waals surface area (Å²) in [6.45, 7) is 4.87. The number of carbonyl (C=O) groups excluding carboxylic acids is 1. The number of hydrogen-bond donors (Lipinski definition) is 0. The first-order valence-electron chi connectivity index (χ1n) is 7.62. The molecule has 4 aliphatic carbocycles. The fraction of sp³-hybridized carbons (Fsp3) is 0.706. The average Bonchev–Trinajstić information content (AvgIpc) is 2.69. The van der Waals surface area contributed by atoms with Crippen LogP contribution in [-0.4, -0.2) is 5.78 Å². The van der Waals surface area contributed by atoms with Crippen molar-refractivity contribution >= 4 is 33.0 Å². The summed E-state index contributed by atoms with van der Waals surface area (Å²) in [4.78, 5) is 14.1. The second kappa shape index (κ2) is 3.98. The van der Waals surface area contributed by atoms with Crippen LogP contribution >= 0.6 is 27.3 Å². The second-order valence-corrected chi connectivity index (χ2v) is 10.8. The molecule has 0 amide bonds. The van der Waals surface area contributed by atoms with Crippen LogP contribution in [-0.2, 0) is 0 Å². The molecule has 5 rings (SSSR count). The molecule has 1 heterocycles. The van der Waals surface area contributed by atoms with Gasteiger partial charge in [-0.1, -0.05) is 13.8 Å². The minimum atomic E-state index is -0.0484. The van der Waals surface area contributed by atoms with Crippen molar-refractivity contribution in [3.63, 3.8) is 0 Å². The Bertz CT molecular complexity index is 572. The quantitative estimate of drug-likeness (QED) is 0.624. The molecule has 4 bridgehead atoms. The highest BCUT2D eigenvalue weighted by atomic mass is 79.9. The summed E-state index contributed by atoms with van der Waals surface area (Å²) < 4.78 is 1.07. The Balaban J connectivity index is 1.75. The van der Waals surface area contributed by atoms with E-state index in [1.54, 1.807) is 11.3 Å². The van der Waals surface area contributed by atoms with Gasteiger partial charge in [-0.3, -0.25) is 4.79 Å². The molecule has 0 saturated heterocycles. The standard InChI is InChI=1S/C17H21BrOS/c1-15-5-11-6-16(2,8-15)10-17(7-11,9-15)14(19)12-3-4-13(18)20-12/h3-4,11H,5-10H2,1-2H3. The molecule has 1 aromatic heterocycles. The zero-order valence-corrected chi connectivity index (χ0v) is 14.6. The van der Waals surface area contributed by atoms with Crippen LogP contribution < -0.4 is 0 Å². The fourth-order valence-corrected chi connectivity index (χ4v) is 7.85. The van der Waals surface area contributed by atoms with Gasteiger partial charge in [0.1, 0.15) is 0 Å². The van der Waals surface area contributed by atoms with Gasteiger partial charge in [-0.2, -0.15) is 0 Å². The van der Waals surface area contributed by atoms with Crippen LogP contribution in [0.1, 0.15) is 62.0 Å². The molecule has 0 aromatic carbocycles. The summed E-state index contributed by atoms with van der Waals surface area (Å²) in [6, 6.07) is 4.03. The van der Waals surface area contributed by atoms with Crippen LogP contribution in [0.25, 0.3) is 0 Å². The lowest BCUT2D eigenvalue weighted by atomic mass is 9.39. The zero-order valence-electron chi connectivity index (χ0n) is 12.2. The first-order valence-corrected chi connectivity index (χ1v) is 9.23. The van der Waals surface area contributed by atoms with E-state index < -0.39 is 0 Å². The second-order valence-electron chi connectivity index (χ2n) is 8.34. The summed E-state index contributed by atoms with van der Waals surface area (Å²) in [5, 5.41) is 0. The number of hydrogen-bond acceptors (Lipinski definition) is 2. The Morgan fingerprint density at radius 1 is 1.15 bits per heavy atom. The van der Waals surface area contributed by atoms with E-state index in [0.717, 1.165) is 33.8 Å². The monoisotopic (exact) mass is 352 g/mol. The Morgan fingerprint density at radius 3 is 2.30 bits per heavy atom. The zero-order chi connectivity index (χ0) is 14.2. The van der Waals surface area contributed by atoms with Gasteiger partial charge in [-0.25, -0.2) is 0 Å². The van der Waals surface area contributed by atoms with Crippen molar-refractivity contribution in [3.05, 3.63) is 20.8 Å². The first-order chi connectivity index (χ1) is 9.32. The molecule has 0 N–H and O–H groups in total. The summed E-state index contributed by atoms with van der Waals surface area (Å²) in [5.74, 6) is 1.23. The lowest BCUT2D eigenvalue weighted by molar-refractivity contribution is -0.125. The topological polar surface area (TPSA) is 17.1 Å². The highest BCUT2D eigenvalue weighted by Crippen LogP contribution is 2.70. The largest absolute Gasteiger partial charge is 0.293 e. The lowest BCUT2D eigenvalue weighted by Crippen LogP contribution is -2.57. The minimum Gasteiger partial charge on any atom is -0.293 e. The molecule has 2 atom stereocenters. The molecule has 20 heavy (non-hydrogen) atoms. The third-order valence-electron chi connectivity index (χ3n) is 5.90. The van der Waals surface area contributed by atoms with Crippen molar-refractivity contribution in [1.29, 1.82) is 0 Å². The number of thiophene rings is 1. The van der Waals surface area contributed by atoms with E-state index in [1.807, 2.05) is 12.1 Å². The molecule has 2 unspecified atom stereocenters. The van der Waals surface area contributed by atoms with E-state index >= 15 is 0 Å². The van der Waals surface area contributed by atoms with Crippen molar-refractivity contribution in [2.24, 2.45) is 22.2 Å². The van der Waals surface area contributed by atoms with E-state index in [9.17, 15) is 4.79 Å². The van der Waals surface area contributed by atoms with Crippen LogP contribution in [0.3, 0.4) is 0 Å². The summed E-state index contributed by atoms with van der Waals surface area (Å²) in [7, 11) is 0. The van der Waals surface area contributed by atoms with E-state index in [0.29, 0.717) is 16.6 Å². The van der Waals surface area contributed by atoms with Gasteiger partial charge in [0.05, 0.1) is 8.66 Å². The molecule has 0 aliphatic heterocycles. The van der Waals surface area contributed by atoms with Crippen LogP contribution in [0.2, 0.25) is 0 Å². The van der Waals surface area contributed by atoms with Gasteiger partial charge in [0, 0.05) is 5.41 Å². The van der Waals surface area contributed by atoms with E-state index in [-0.39, 0.29) is 5.41 Å². The molecule has 4 fully saturated rings. The molecule has 0 radical (unpaired) electrons. The smallest absolute Gasteiger partial charge is 0.178 e. The molecule has 1 aromatic rings. The van der Waals surface area contributed by atoms with E-state index in [2.05, 4.69) is 29.8 Å². The molecular weight excluding hydrogens is 332 g/mol. The Kier molecular flexibility index (Phi) is 2.69. The number of ketones is 1. The molecule has 108 valence electrons. The van der Waals surface area contributed by atoms with Gasteiger partial charge in [0.25, 0.3) is 0 Å². The van der Waals surface area contributed by atoms with Crippen LogP contribution in [0.5, 0.6) is 0 Å². The Hall–Kier alpha value is -0.150. The normalized spacial score (nSPS) is 45.9. The van der Waals surface area contributed by atoms with Gasteiger partial charge in [0.15, 0.2) is 5.78 Å². The molecule has 1 nitrogen and oxygen atoms in total. The van der Waals surface area contributed by atoms with Crippen LogP contribution in [0, 0.1) is 22.2 Å². The maximum absolute atomic E-state index is 13.2.